The van der Waals surface area contributed by atoms with E-state index in [1.807, 2.05) is 6.07 Å². The van der Waals surface area contributed by atoms with E-state index < -0.39 is 0 Å². The zero-order valence-electron chi connectivity index (χ0n) is 7.89. The number of hydrogen-bond acceptors (Lipinski definition) is 1. The van der Waals surface area contributed by atoms with Crippen molar-refractivity contribution in [3.05, 3.63) is 33.3 Å². The van der Waals surface area contributed by atoms with E-state index in [4.69, 9.17) is 18.0 Å². The van der Waals surface area contributed by atoms with Gasteiger partial charge in [0.05, 0.1) is 13.0 Å². The summed E-state index contributed by atoms with van der Waals surface area (Å²) in [4.78, 5) is 11.4. The van der Waals surface area contributed by atoms with E-state index in [0.717, 1.165) is 10.0 Å². The lowest BCUT2D eigenvalue weighted by molar-refractivity contribution is -0.120. The molecule has 2 nitrogen and oxygen atoms in total. The molecule has 0 fully saturated rings. The second-order valence-electron chi connectivity index (χ2n) is 2.89. The Labute approximate surface area is 102 Å². The maximum Gasteiger partial charge on any atom is 0.225 e. The molecule has 0 aliphatic rings. The van der Waals surface area contributed by atoms with Crippen molar-refractivity contribution < 1.29 is 4.79 Å². The van der Waals surface area contributed by atoms with Gasteiger partial charge in [-0.2, -0.15) is 0 Å². The Balaban J connectivity index is 2.68. The average Bonchev–Trinajstić information content (AvgIpc) is 2.20. The molecule has 0 spiro atoms. The normalized spacial score (nSPS) is 9.40. The minimum Gasteiger partial charge on any atom is -0.345 e. The maximum atomic E-state index is 11.4. The standard InChI is InChI=1S/C11H9BrClNO/c1-2-5-14-11(15)7-8-6-9(13)3-4-10(8)12/h1,3-4,6H,5,7H2,(H,14,15). The third-order valence-corrected chi connectivity index (χ3v) is 2.76. The number of rotatable bonds is 3. The van der Waals surface area contributed by atoms with Crippen LogP contribution in [0.3, 0.4) is 0 Å². The summed E-state index contributed by atoms with van der Waals surface area (Å²) in [5.41, 5.74) is 0.844. The Kier molecular flexibility index (Phi) is 4.67. The van der Waals surface area contributed by atoms with Crippen molar-refractivity contribution >= 4 is 33.4 Å². The molecule has 0 heterocycles. The molecule has 0 aliphatic carbocycles. The molecule has 0 saturated carbocycles. The minimum absolute atomic E-state index is 0.115. The molecule has 1 amide bonds. The number of amides is 1. The Bertz CT molecular complexity index is 412. The molecule has 0 unspecified atom stereocenters. The molecule has 1 rings (SSSR count). The van der Waals surface area contributed by atoms with Crippen LogP contribution in [-0.2, 0) is 11.2 Å². The van der Waals surface area contributed by atoms with Crippen LogP contribution in [0.25, 0.3) is 0 Å². The van der Waals surface area contributed by atoms with Gasteiger partial charge in [0, 0.05) is 9.50 Å². The lowest BCUT2D eigenvalue weighted by Crippen LogP contribution is -2.25. The van der Waals surface area contributed by atoms with E-state index in [2.05, 4.69) is 27.2 Å². The fraction of sp³-hybridized carbons (Fsp3) is 0.182. The van der Waals surface area contributed by atoms with Crippen LogP contribution in [0.5, 0.6) is 0 Å². The van der Waals surface area contributed by atoms with Crippen molar-refractivity contribution in [3.8, 4) is 12.3 Å². The molecule has 1 aromatic rings. The molecule has 78 valence electrons. The van der Waals surface area contributed by atoms with Gasteiger partial charge in [0.15, 0.2) is 0 Å². The fourth-order valence-electron chi connectivity index (χ4n) is 1.06. The van der Waals surface area contributed by atoms with Crippen LogP contribution in [0, 0.1) is 12.3 Å². The lowest BCUT2D eigenvalue weighted by Gasteiger charge is -2.04. The lowest BCUT2D eigenvalue weighted by atomic mass is 10.1. The largest absolute Gasteiger partial charge is 0.345 e. The van der Waals surface area contributed by atoms with Gasteiger partial charge < -0.3 is 5.32 Å². The van der Waals surface area contributed by atoms with Crippen LogP contribution < -0.4 is 5.32 Å². The molecule has 0 bridgehead atoms. The molecule has 0 radical (unpaired) electrons. The van der Waals surface area contributed by atoms with E-state index in [1.54, 1.807) is 12.1 Å². The SMILES string of the molecule is C#CCNC(=O)Cc1cc(Cl)ccc1Br. The Hall–Kier alpha value is -0.980. The highest BCUT2D eigenvalue weighted by Crippen LogP contribution is 2.21. The number of carbonyl (C=O) groups is 1. The van der Waals surface area contributed by atoms with Crippen LogP contribution in [0.1, 0.15) is 5.56 Å². The van der Waals surface area contributed by atoms with Gasteiger partial charge in [-0.1, -0.05) is 33.5 Å². The van der Waals surface area contributed by atoms with E-state index in [9.17, 15) is 4.79 Å². The van der Waals surface area contributed by atoms with Crippen LogP contribution in [0.4, 0.5) is 0 Å². The maximum absolute atomic E-state index is 11.4. The van der Waals surface area contributed by atoms with Crippen LogP contribution in [0.15, 0.2) is 22.7 Å². The highest BCUT2D eigenvalue weighted by atomic mass is 79.9. The molecule has 0 saturated heterocycles. The summed E-state index contributed by atoms with van der Waals surface area (Å²) in [5, 5.41) is 3.20. The summed E-state index contributed by atoms with van der Waals surface area (Å²) in [6.07, 6.45) is 5.30. The first-order valence-electron chi connectivity index (χ1n) is 4.27. The Morgan fingerprint density at radius 3 is 3.00 bits per heavy atom. The van der Waals surface area contributed by atoms with Crippen molar-refractivity contribution in [1.82, 2.24) is 5.32 Å². The summed E-state index contributed by atoms with van der Waals surface area (Å²) in [7, 11) is 0. The first-order valence-corrected chi connectivity index (χ1v) is 5.44. The smallest absolute Gasteiger partial charge is 0.225 e. The van der Waals surface area contributed by atoms with Gasteiger partial charge in [-0.3, -0.25) is 4.79 Å². The summed E-state index contributed by atoms with van der Waals surface area (Å²) >= 11 is 9.17. The third kappa shape index (κ3) is 3.94. The van der Waals surface area contributed by atoms with Crippen LogP contribution in [0.2, 0.25) is 5.02 Å². The van der Waals surface area contributed by atoms with Crippen molar-refractivity contribution in [1.29, 1.82) is 0 Å². The molecule has 1 aromatic carbocycles. The number of hydrogen-bond donors (Lipinski definition) is 1. The van der Waals surface area contributed by atoms with Gasteiger partial charge in [0.2, 0.25) is 5.91 Å². The number of halogens is 2. The van der Waals surface area contributed by atoms with Crippen molar-refractivity contribution in [2.24, 2.45) is 0 Å². The van der Waals surface area contributed by atoms with E-state index >= 15 is 0 Å². The van der Waals surface area contributed by atoms with E-state index in [1.165, 1.54) is 0 Å². The van der Waals surface area contributed by atoms with Gasteiger partial charge >= 0.3 is 0 Å². The first-order chi connectivity index (χ1) is 7.13. The summed E-state index contributed by atoms with van der Waals surface area (Å²) < 4.78 is 0.864. The molecule has 0 atom stereocenters. The van der Waals surface area contributed by atoms with Crippen LogP contribution >= 0.6 is 27.5 Å². The minimum atomic E-state index is -0.115. The fourth-order valence-corrected chi connectivity index (χ4v) is 1.65. The van der Waals surface area contributed by atoms with Gasteiger partial charge in [0.1, 0.15) is 0 Å². The molecular formula is C11H9BrClNO. The third-order valence-electron chi connectivity index (χ3n) is 1.75. The Morgan fingerprint density at radius 2 is 2.33 bits per heavy atom. The highest BCUT2D eigenvalue weighted by Gasteiger charge is 2.06. The molecular weight excluding hydrogens is 277 g/mol. The van der Waals surface area contributed by atoms with Crippen molar-refractivity contribution in [2.45, 2.75) is 6.42 Å². The summed E-state index contributed by atoms with van der Waals surface area (Å²) in [6.45, 7) is 0.247. The van der Waals surface area contributed by atoms with Gasteiger partial charge in [-0.25, -0.2) is 0 Å². The van der Waals surface area contributed by atoms with E-state index in [0.29, 0.717) is 5.02 Å². The first kappa shape index (κ1) is 12.1. The van der Waals surface area contributed by atoms with Crippen molar-refractivity contribution in [3.63, 3.8) is 0 Å². The van der Waals surface area contributed by atoms with Gasteiger partial charge in [-0.05, 0) is 23.8 Å². The molecule has 1 N–H and O–H groups in total. The number of carbonyl (C=O) groups excluding carboxylic acids is 1. The van der Waals surface area contributed by atoms with E-state index in [-0.39, 0.29) is 18.9 Å². The van der Waals surface area contributed by atoms with Crippen molar-refractivity contribution in [2.75, 3.05) is 6.54 Å². The summed E-state index contributed by atoms with van der Waals surface area (Å²) in [6, 6.07) is 5.32. The number of benzene rings is 1. The number of nitrogens with one attached hydrogen (secondary N) is 1. The molecule has 4 heteroatoms. The predicted molar refractivity (Wildman–Crippen MR) is 64.7 cm³/mol. The average molecular weight is 287 g/mol. The second kappa shape index (κ2) is 5.79. The van der Waals surface area contributed by atoms with Gasteiger partial charge in [-0.15, -0.1) is 6.42 Å². The topological polar surface area (TPSA) is 29.1 Å². The molecule has 0 aliphatic heterocycles. The quantitative estimate of drug-likeness (QED) is 0.850. The second-order valence-corrected chi connectivity index (χ2v) is 4.18. The molecule has 15 heavy (non-hydrogen) atoms. The number of terminal acetylenes is 1. The highest BCUT2D eigenvalue weighted by molar-refractivity contribution is 9.10. The summed E-state index contributed by atoms with van der Waals surface area (Å²) in [5.74, 6) is 2.23. The zero-order chi connectivity index (χ0) is 11.3. The monoisotopic (exact) mass is 285 g/mol. The van der Waals surface area contributed by atoms with Crippen LogP contribution in [-0.4, -0.2) is 12.5 Å². The zero-order valence-corrected chi connectivity index (χ0v) is 10.2. The predicted octanol–water partition coefficient (Wildman–Crippen LogP) is 2.39. The van der Waals surface area contributed by atoms with Gasteiger partial charge in [0.25, 0.3) is 0 Å². The molecule has 0 aromatic heterocycles. The Morgan fingerprint density at radius 1 is 1.60 bits per heavy atom.